The fourth-order valence-corrected chi connectivity index (χ4v) is 2.30. The van der Waals surface area contributed by atoms with E-state index in [4.69, 9.17) is 0 Å². The molecule has 2 N–H and O–H groups in total. The van der Waals surface area contributed by atoms with Crippen LogP contribution in [-0.4, -0.2) is 11.7 Å². The normalized spacial score (nSPS) is 12.5. The molecule has 0 amide bonds. The highest BCUT2D eigenvalue weighted by atomic mass is 19.2. The maximum Gasteiger partial charge on any atom is 0.194 e. The number of nitrogens with one attached hydrogen (secondary N) is 1. The van der Waals surface area contributed by atoms with E-state index in [1.54, 1.807) is 0 Å². The molecule has 5 heteroatoms. The molecule has 0 aliphatic heterocycles. The van der Waals surface area contributed by atoms with Gasteiger partial charge in [-0.1, -0.05) is 18.2 Å². The van der Waals surface area contributed by atoms with Crippen molar-refractivity contribution in [1.82, 2.24) is 5.32 Å². The van der Waals surface area contributed by atoms with Gasteiger partial charge in [-0.05, 0) is 48.2 Å². The van der Waals surface area contributed by atoms with E-state index in [0.717, 1.165) is 28.8 Å². The van der Waals surface area contributed by atoms with Gasteiger partial charge in [0.15, 0.2) is 17.5 Å². The third kappa shape index (κ3) is 3.48. The Morgan fingerprint density at radius 2 is 1.73 bits per heavy atom. The Balaban J connectivity index is 2.18. The summed E-state index contributed by atoms with van der Waals surface area (Å²) in [5, 5.41) is 12.5. The summed E-state index contributed by atoms with van der Waals surface area (Å²) in [7, 11) is 0. The molecular weight excluding hydrogens is 291 g/mol. The molecule has 0 aliphatic carbocycles. The summed E-state index contributed by atoms with van der Waals surface area (Å²) in [5.41, 5.74) is 3.45. The minimum Gasteiger partial charge on any atom is -0.394 e. The van der Waals surface area contributed by atoms with Gasteiger partial charge in [-0.15, -0.1) is 0 Å². The number of hydrogen-bond acceptors (Lipinski definition) is 2. The third-order valence-electron chi connectivity index (χ3n) is 3.85. The molecule has 0 heterocycles. The van der Waals surface area contributed by atoms with Crippen LogP contribution in [0.4, 0.5) is 13.2 Å². The predicted octanol–water partition coefficient (Wildman–Crippen LogP) is 3.54. The standard InChI is InChI=1S/C17H18F3NO/c1-10-4-3-5-12(11(10)2)8-21-16(9-22)13-6-14(18)17(20)15(19)7-13/h3-7,16,21-22H,8-9H2,1-2H3. The molecule has 0 bridgehead atoms. The van der Waals surface area contributed by atoms with E-state index in [0.29, 0.717) is 6.54 Å². The summed E-state index contributed by atoms with van der Waals surface area (Å²) in [6.45, 7) is 4.05. The van der Waals surface area contributed by atoms with Crippen LogP contribution < -0.4 is 5.32 Å². The van der Waals surface area contributed by atoms with Crippen molar-refractivity contribution in [3.05, 3.63) is 70.0 Å². The molecule has 0 spiro atoms. The molecular formula is C17H18F3NO. The highest BCUT2D eigenvalue weighted by Crippen LogP contribution is 2.20. The number of halogens is 3. The molecule has 0 fully saturated rings. The van der Waals surface area contributed by atoms with Crippen LogP contribution in [0.5, 0.6) is 0 Å². The number of benzene rings is 2. The first-order chi connectivity index (χ1) is 10.4. The fourth-order valence-electron chi connectivity index (χ4n) is 2.30. The van der Waals surface area contributed by atoms with Crippen LogP contribution in [0.15, 0.2) is 30.3 Å². The van der Waals surface area contributed by atoms with Crippen molar-refractivity contribution in [2.24, 2.45) is 0 Å². The van der Waals surface area contributed by atoms with Gasteiger partial charge in [0.25, 0.3) is 0 Å². The molecule has 118 valence electrons. The first kappa shape index (κ1) is 16.5. The average Bonchev–Trinajstić information content (AvgIpc) is 2.49. The lowest BCUT2D eigenvalue weighted by Gasteiger charge is -2.18. The molecule has 0 aromatic heterocycles. The molecule has 2 aromatic rings. The molecule has 0 aliphatic rings. The summed E-state index contributed by atoms with van der Waals surface area (Å²) in [5.74, 6) is -4.03. The minimum atomic E-state index is -1.50. The van der Waals surface area contributed by atoms with Gasteiger partial charge >= 0.3 is 0 Å². The smallest absolute Gasteiger partial charge is 0.194 e. The van der Waals surface area contributed by atoms with Crippen LogP contribution in [0.25, 0.3) is 0 Å². The van der Waals surface area contributed by atoms with E-state index in [-0.39, 0.29) is 12.2 Å². The summed E-state index contributed by atoms with van der Waals surface area (Å²) < 4.78 is 39.6. The van der Waals surface area contributed by atoms with E-state index in [2.05, 4.69) is 5.32 Å². The van der Waals surface area contributed by atoms with Crippen molar-refractivity contribution >= 4 is 0 Å². The fraction of sp³-hybridized carbons (Fsp3) is 0.294. The zero-order valence-corrected chi connectivity index (χ0v) is 12.5. The lowest BCUT2D eigenvalue weighted by atomic mass is 10.0. The van der Waals surface area contributed by atoms with E-state index < -0.39 is 23.5 Å². The molecule has 2 rings (SSSR count). The second kappa shape index (κ2) is 6.94. The largest absolute Gasteiger partial charge is 0.394 e. The minimum absolute atomic E-state index is 0.171. The Morgan fingerprint density at radius 1 is 1.09 bits per heavy atom. The molecule has 2 aromatic carbocycles. The first-order valence-electron chi connectivity index (χ1n) is 6.97. The topological polar surface area (TPSA) is 32.3 Å². The highest BCUT2D eigenvalue weighted by molar-refractivity contribution is 5.33. The Kier molecular flexibility index (Phi) is 5.21. The molecule has 0 radical (unpaired) electrons. The van der Waals surface area contributed by atoms with Crippen molar-refractivity contribution in [3.63, 3.8) is 0 Å². The lowest BCUT2D eigenvalue weighted by molar-refractivity contribution is 0.242. The Hall–Kier alpha value is -1.85. The second-order valence-corrected chi connectivity index (χ2v) is 5.27. The van der Waals surface area contributed by atoms with Gasteiger partial charge in [-0.3, -0.25) is 0 Å². The van der Waals surface area contributed by atoms with Crippen LogP contribution in [0.3, 0.4) is 0 Å². The van der Waals surface area contributed by atoms with Gasteiger partial charge in [-0.25, -0.2) is 13.2 Å². The van der Waals surface area contributed by atoms with E-state index in [9.17, 15) is 18.3 Å². The summed E-state index contributed by atoms with van der Waals surface area (Å²) in [4.78, 5) is 0. The zero-order chi connectivity index (χ0) is 16.3. The molecule has 1 atom stereocenters. The number of rotatable bonds is 5. The third-order valence-corrected chi connectivity index (χ3v) is 3.85. The predicted molar refractivity (Wildman–Crippen MR) is 78.9 cm³/mol. The molecule has 1 unspecified atom stereocenters. The molecule has 0 saturated heterocycles. The van der Waals surface area contributed by atoms with Gasteiger partial charge in [-0.2, -0.15) is 0 Å². The van der Waals surface area contributed by atoms with Gasteiger partial charge in [0.1, 0.15) is 0 Å². The number of aliphatic hydroxyl groups is 1. The Bertz CT molecular complexity index is 650. The Labute approximate surface area is 127 Å². The van der Waals surface area contributed by atoms with Crippen molar-refractivity contribution in [2.75, 3.05) is 6.61 Å². The molecule has 22 heavy (non-hydrogen) atoms. The first-order valence-corrected chi connectivity index (χ1v) is 6.97. The number of aryl methyl sites for hydroxylation is 1. The van der Waals surface area contributed by atoms with Crippen molar-refractivity contribution in [2.45, 2.75) is 26.4 Å². The summed E-state index contributed by atoms with van der Waals surface area (Å²) in [6, 6.07) is 6.97. The maximum absolute atomic E-state index is 13.3. The van der Waals surface area contributed by atoms with Crippen molar-refractivity contribution in [3.8, 4) is 0 Å². The number of aliphatic hydroxyl groups excluding tert-OH is 1. The summed E-state index contributed by atoms with van der Waals surface area (Å²) in [6.07, 6.45) is 0. The highest BCUT2D eigenvalue weighted by Gasteiger charge is 2.17. The van der Waals surface area contributed by atoms with E-state index in [1.165, 1.54) is 0 Å². The zero-order valence-electron chi connectivity index (χ0n) is 12.5. The quantitative estimate of drug-likeness (QED) is 0.828. The van der Waals surface area contributed by atoms with Gasteiger partial charge < -0.3 is 10.4 Å². The maximum atomic E-state index is 13.3. The van der Waals surface area contributed by atoms with Gasteiger partial charge in [0.05, 0.1) is 12.6 Å². The second-order valence-electron chi connectivity index (χ2n) is 5.27. The van der Waals surface area contributed by atoms with E-state index in [1.807, 2.05) is 32.0 Å². The van der Waals surface area contributed by atoms with Crippen molar-refractivity contribution in [1.29, 1.82) is 0 Å². The van der Waals surface area contributed by atoms with Crippen LogP contribution in [0.1, 0.15) is 28.3 Å². The monoisotopic (exact) mass is 309 g/mol. The van der Waals surface area contributed by atoms with Gasteiger partial charge in [0.2, 0.25) is 0 Å². The van der Waals surface area contributed by atoms with Crippen LogP contribution in [0, 0.1) is 31.3 Å². The van der Waals surface area contributed by atoms with Crippen molar-refractivity contribution < 1.29 is 18.3 Å². The lowest BCUT2D eigenvalue weighted by Crippen LogP contribution is -2.25. The average molecular weight is 309 g/mol. The van der Waals surface area contributed by atoms with Crippen LogP contribution >= 0.6 is 0 Å². The number of hydrogen-bond donors (Lipinski definition) is 2. The molecule has 2 nitrogen and oxygen atoms in total. The summed E-state index contributed by atoms with van der Waals surface area (Å²) >= 11 is 0. The van der Waals surface area contributed by atoms with Crippen LogP contribution in [-0.2, 0) is 6.54 Å². The van der Waals surface area contributed by atoms with E-state index >= 15 is 0 Å². The Morgan fingerprint density at radius 3 is 2.32 bits per heavy atom. The van der Waals surface area contributed by atoms with Crippen LogP contribution in [0.2, 0.25) is 0 Å². The SMILES string of the molecule is Cc1cccc(CNC(CO)c2cc(F)c(F)c(F)c2)c1C. The van der Waals surface area contributed by atoms with Gasteiger partial charge in [0, 0.05) is 6.54 Å². The molecule has 0 saturated carbocycles.